The van der Waals surface area contributed by atoms with E-state index in [1.165, 1.54) is 0 Å². The fourth-order valence-electron chi connectivity index (χ4n) is 1.76. The number of carbonyl (C=O) groups is 1. The van der Waals surface area contributed by atoms with Gasteiger partial charge in [0.1, 0.15) is 0 Å². The smallest absolute Gasteiger partial charge is 0.332 e. The maximum absolute atomic E-state index is 10.9. The standard InChI is InChI=1S/C16H13BrO2/c17-11-15(16(18)19)10-12-6-8-14(9-7-12)13-4-2-1-3-5-13/h1-10H,11H2,(H,18,19)/b15-10+. The van der Waals surface area contributed by atoms with Gasteiger partial charge in [0.2, 0.25) is 0 Å². The molecular weight excluding hydrogens is 304 g/mol. The van der Waals surface area contributed by atoms with Gasteiger partial charge in [-0.3, -0.25) is 0 Å². The van der Waals surface area contributed by atoms with E-state index in [0.717, 1.165) is 16.7 Å². The summed E-state index contributed by atoms with van der Waals surface area (Å²) in [6, 6.07) is 17.9. The zero-order valence-electron chi connectivity index (χ0n) is 10.2. The van der Waals surface area contributed by atoms with Crippen LogP contribution in [0.25, 0.3) is 17.2 Å². The van der Waals surface area contributed by atoms with Crippen molar-refractivity contribution >= 4 is 28.0 Å². The maximum atomic E-state index is 10.9. The highest BCUT2D eigenvalue weighted by molar-refractivity contribution is 9.09. The summed E-state index contributed by atoms with van der Waals surface area (Å²) in [4.78, 5) is 10.9. The zero-order chi connectivity index (χ0) is 13.7. The predicted octanol–water partition coefficient (Wildman–Crippen LogP) is 4.22. The van der Waals surface area contributed by atoms with Crippen molar-refractivity contribution in [1.82, 2.24) is 0 Å². The molecule has 0 unspecified atom stereocenters. The highest BCUT2D eigenvalue weighted by atomic mass is 79.9. The van der Waals surface area contributed by atoms with Crippen LogP contribution >= 0.6 is 15.9 Å². The molecule has 0 aliphatic carbocycles. The lowest BCUT2D eigenvalue weighted by atomic mass is 10.0. The Morgan fingerprint density at radius 3 is 2.11 bits per heavy atom. The van der Waals surface area contributed by atoms with Crippen LogP contribution in [0, 0.1) is 0 Å². The first kappa shape index (κ1) is 13.6. The molecule has 3 heteroatoms. The third-order valence-corrected chi connectivity index (χ3v) is 3.38. The summed E-state index contributed by atoms with van der Waals surface area (Å²) in [6.07, 6.45) is 1.67. The largest absolute Gasteiger partial charge is 0.478 e. The monoisotopic (exact) mass is 316 g/mol. The van der Waals surface area contributed by atoms with Gasteiger partial charge in [-0.15, -0.1) is 0 Å². The highest BCUT2D eigenvalue weighted by Gasteiger charge is 2.05. The number of alkyl halides is 1. The van der Waals surface area contributed by atoms with Crippen LogP contribution in [0.5, 0.6) is 0 Å². The van der Waals surface area contributed by atoms with Gasteiger partial charge in [0, 0.05) is 10.9 Å². The average molecular weight is 317 g/mol. The molecule has 0 fully saturated rings. The fraction of sp³-hybridized carbons (Fsp3) is 0.0625. The second-order valence-electron chi connectivity index (χ2n) is 4.10. The quantitative estimate of drug-likeness (QED) is 0.677. The van der Waals surface area contributed by atoms with Crippen molar-refractivity contribution in [2.75, 3.05) is 5.33 Å². The summed E-state index contributed by atoms with van der Waals surface area (Å²) in [5.74, 6) is -0.899. The van der Waals surface area contributed by atoms with E-state index in [9.17, 15) is 4.79 Å². The molecule has 2 rings (SSSR count). The lowest BCUT2D eigenvalue weighted by Gasteiger charge is -2.03. The van der Waals surface area contributed by atoms with E-state index in [1.807, 2.05) is 54.6 Å². The molecule has 0 amide bonds. The van der Waals surface area contributed by atoms with Crippen molar-refractivity contribution in [1.29, 1.82) is 0 Å². The van der Waals surface area contributed by atoms with Crippen molar-refractivity contribution in [2.45, 2.75) is 0 Å². The lowest BCUT2D eigenvalue weighted by molar-refractivity contribution is -0.132. The summed E-state index contributed by atoms with van der Waals surface area (Å²) >= 11 is 3.18. The topological polar surface area (TPSA) is 37.3 Å². The Labute approximate surface area is 120 Å². The Morgan fingerprint density at radius 2 is 1.58 bits per heavy atom. The van der Waals surface area contributed by atoms with Crippen LogP contribution in [0.15, 0.2) is 60.2 Å². The maximum Gasteiger partial charge on any atom is 0.332 e. The Morgan fingerprint density at radius 1 is 1.00 bits per heavy atom. The summed E-state index contributed by atoms with van der Waals surface area (Å²) in [5, 5.41) is 9.30. The van der Waals surface area contributed by atoms with Gasteiger partial charge in [0.05, 0.1) is 0 Å². The van der Waals surface area contributed by atoms with E-state index in [4.69, 9.17) is 5.11 Å². The second kappa shape index (κ2) is 6.34. The Hall–Kier alpha value is -1.87. The lowest BCUT2D eigenvalue weighted by Crippen LogP contribution is -2.00. The minimum Gasteiger partial charge on any atom is -0.478 e. The number of carboxylic acids is 1. The molecule has 19 heavy (non-hydrogen) atoms. The number of rotatable bonds is 4. The molecule has 96 valence electrons. The van der Waals surface area contributed by atoms with E-state index in [0.29, 0.717) is 10.9 Å². The molecule has 2 aromatic carbocycles. The number of carboxylic acid groups (broad SMARTS) is 1. The van der Waals surface area contributed by atoms with Crippen LogP contribution in [-0.2, 0) is 4.79 Å². The molecule has 0 spiro atoms. The summed E-state index contributed by atoms with van der Waals surface area (Å²) in [6.45, 7) is 0. The highest BCUT2D eigenvalue weighted by Crippen LogP contribution is 2.20. The summed E-state index contributed by atoms with van der Waals surface area (Å²) < 4.78 is 0. The van der Waals surface area contributed by atoms with E-state index in [1.54, 1.807) is 6.08 Å². The van der Waals surface area contributed by atoms with Gasteiger partial charge in [-0.25, -0.2) is 4.79 Å². The van der Waals surface area contributed by atoms with Gasteiger partial charge in [-0.05, 0) is 22.8 Å². The number of benzene rings is 2. The molecule has 0 saturated heterocycles. The zero-order valence-corrected chi connectivity index (χ0v) is 11.8. The SMILES string of the molecule is O=C(O)/C(=C/c1ccc(-c2ccccc2)cc1)CBr. The van der Waals surface area contributed by atoms with Crippen LogP contribution in [0.4, 0.5) is 0 Å². The van der Waals surface area contributed by atoms with Gasteiger partial charge in [-0.2, -0.15) is 0 Å². The normalized spacial score (nSPS) is 11.3. The van der Waals surface area contributed by atoms with Crippen molar-refractivity contribution in [3.05, 3.63) is 65.7 Å². The Kier molecular flexibility index (Phi) is 4.53. The molecule has 0 atom stereocenters. The molecule has 0 aromatic heterocycles. The Bertz CT molecular complexity index is 586. The van der Waals surface area contributed by atoms with Crippen molar-refractivity contribution in [2.24, 2.45) is 0 Å². The summed E-state index contributed by atoms with van der Waals surface area (Å²) in [5.41, 5.74) is 3.49. The van der Waals surface area contributed by atoms with Crippen LogP contribution in [0.3, 0.4) is 0 Å². The molecule has 0 heterocycles. The predicted molar refractivity (Wildman–Crippen MR) is 81.3 cm³/mol. The number of aliphatic carboxylic acids is 1. The third kappa shape index (κ3) is 3.55. The molecule has 0 aliphatic heterocycles. The molecule has 0 saturated carbocycles. The van der Waals surface area contributed by atoms with Crippen LogP contribution < -0.4 is 0 Å². The molecule has 0 bridgehead atoms. The fourth-order valence-corrected chi connectivity index (χ4v) is 2.16. The Balaban J connectivity index is 2.27. The molecule has 0 aliphatic rings. The first-order valence-corrected chi connectivity index (χ1v) is 6.98. The molecule has 2 nitrogen and oxygen atoms in total. The first-order valence-electron chi connectivity index (χ1n) is 5.86. The third-order valence-electron chi connectivity index (χ3n) is 2.78. The number of hydrogen-bond donors (Lipinski definition) is 1. The molecule has 2 aromatic rings. The van der Waals surface area contributed by atoms with Gasteiger partial charge < -0.3 is 5.11 Å². The number of halogens is 1. The van der Waals surface area contributed by atoms with Gasteiger partial charge in [0.25, 0.3) is 0 Å². The van der Waals surface area contributed by atoms with Gasteiger partial charge in [-0.1, -0.05) is 70.5 Å². The molecular formula is C16H13BrO2. The van der Waals surface area contributed by atoms with E-state index in [2.05, 4.69) is 15.9 Å². The van der Waals surface area contributed by atoms with Crippen molar-refractivity contribution in [3.8, 4) is 11.1 Å². The second-order valence-corrected chi connectivity index (χ2v) is 4.66. The van der Waals surface area contributed by atoms with Crippen molar-refractivity contribution in [3.63, 3.8) is 0 Å². The van der Waals surface area contributed by atoms with Gasteiger partial charge >= 0.3 is 5.97 Å². The van der Waals surface area contributed by atoms with E-state index < -0.39 is 5.97 Å². The minimum atomic E-state index is -0.899. The van der Waals surface area contributed by atoms with Crippen LogP contribution in [-0.4, -0.2) is 16.4 Å². The van der Waals surface area contributed by atoms with Crippen LogP contribution in [0.2, 0.25) is 0 Å². The molecule has 1 N–H and O–H groups in total. The number of hydrogen-bond acceptors (Lipinski definition) is 1. The van der Waals surface area contributed by atoms with Gasteiger partial charge in [0.15, 0.2) is 0 Å². The molecule has 0 radical (unpaired) electrons. The minimum absolute atomic E-state index is 0.336. The van der Waals surface area contributed by atoms with E-state index in [-0.39, 0.29) is 0 Å². The van der Waals surface area contributed by atoms with Crippen molar-refractivity contribution < 1.29 is 9.90 Å². The van der Waals surface area contributed by atoms with Crippen LogP contribution in [0.1, 0.15) is 5.56 Å². The van der Waals surface area contributed by atoms with E-state index >= 15 is 0 Å². The summed E-state index contributed by atoms with van der Waals surface area (Å²) in [7, 11) is 0. The first-order chi connectivity index (χ1) is 9.20. The average Bonchev–Trinajstić information content (AvgIpc) is 2.46.